The van der Waals surface area contributed by atoms with E-state index < -0.39 is 0 Å². The number of nitrogens with one attached hydrogen (secondary N) is 1. The van der Waals surface area contributed by atoms with E-state index in [2.05, 4.69) is 22.3 Å². The van der Waals surface area contributed by atoms with E-state index in [0.29, 0.717) is 6.04 Å². The maximum atomic E-state index is 4.54. The molecule has 1 aliphatic rings. The molecule has 90 valence electrons. The quantitative estimate of drug-likeness (QED) is 0.838. The van der Waals surface area contributed by atoms with Crippen LogP contribution in [0, 0.1) is 0 Å². The number of hydrogen-bond acceptors (Lipinski definition) is 3. The first kappa shape index (κ1) is 11.6. The lowest BCUT2D eigenvalue weighted by Crippen LogP contribution is -2.34. The molecule has 0 radical (unpaired) electrons. The molecule has 0 spiro atoms. The van der Waals surface area contributed by atoms with E-state index in [1.807, 2.05) is 11.7 Å². The Hall–Kier alpha value is -0.900. The molecular weight excluding hydrogens is 200 g/mol. The smallest absolute Gasteiger partial charge is 0.150 e. The van der Waals surface area contributed by atoms with Gasteiger partial charge in [-0.05, 0) is 25.8 Å². The second-order valence-electron chi connectivity index (χ2n) is 4.61. The Bertz CT molecular complexity index is 326. The summed E-state index contributed by atoms with van der Waals surface area (Å²) in [5, 5.41) is 7.95. The second kappa shape index (κ2) is 5.43. The highest BCUT2D eigenvalue weighted by Gasteiger charge is 2.14. The van der Waals surface area contributed by atoms with Crippen LogP contribution in [0.4, 0.5) is 0 Å². The SMILES string of the molecule is CCc1nc(CCC2CCCCN2)n(C)n1. The van der Waals surface area contributed by atoms with Gasteiger partial charge >= 0.3 is 0 Å². The first-order chi connectivity index (χ1) is 7.79. The summed E-state index contributed by atoms with van der Waals surface area (Å²) in [6.45, 7) is 3.28. The molecule has 1 aromatic heterocycles. The number of nitrogens with zero attached hydrogens (tertiary/aromatic N) is 3. The number of aryl methyl sites for hydroxylation is 3. The molecule has 0 bridgehead atoms. The summed E-state index contributed by atoms with van der Waals surface area (Å²) in [5.41, 5.74) is 0. The van der Waals surface area contributed by atoms with Gasteiger partial charge in [0.05, 0.1) is 0 Å². The van der Waals surface area contributed by atoms with Crippen LogP contribution >= 0.6 is 0 Å². The fraction of sp³-hybridized carbons (Fsp3) is 0.833. The summed E-state index contributed by atoms with van der Waals surface area (Å²) in [5.74, 6) is 2.10. The summed E-state index contributed by atoms with van der Waals surface area (Å²) < 4.78 is 1.93. The zero-order valence-electron chi connectivity index (χ0n) is 10.4. The molecule has 1 N–H and O–H groups in total. The molecule has 0 amide bonds. The fourth-order valence-electron chi connectivity index (χ4n) is 2.32. The molecule has 0 aromatic carbocycles. The lowest BCUT2D eigenvalue weighted by atomic mass is 10.0. The van der Waals surface area contributed by atoms with Crippen molar-refractivity contribution in [2.75, 3.05) is 6.54 Å². The number of hydrogen-bond donors (Lipinski definition) is 1. The molecule has 1 saturated heterocycles. The Morgan fingerprint density at radius 2 is 2.31 bits per heavy atom. The van der Waals surface area contributed by atoms with E-state index >= 15 is 0 Å². The Morgan fingerprint density at radius 3 is 2.94 bits per heavy atom. The molecule has 1 unspecified atom stereocenters. The van der Waals surface area contributed by atoms with E-state index in [0.717, 1.165) is 24.5 Å². The van der Waals surface area contributed by atoms with Gasteiger partial charge in [-0.1, -0.05) is 13.3 Å². The van der Waals surface area contributed by atoms with E-state index in [4.69, 9.17) is 0 Å². The van der Waals surface area contributed by atoms with Gasteiger partial charge in [-0.15, -0.1) is 0 Å². The molecule has 2 rings (SSSR count). The van der Waals surface area contributed by atoms with Crippen LogP contribution < -0.4 is 5.32 Å². The van der Waals surface area contributed by atoms with Gasteiger partial charge in [0.1, 0.15) is 5.82 Å². The van der Waals surface area contributed by atoms with Crippen molar-refractivity contribution in [3.05, 3.63) is 11.6 Å². The average molecular weight is 222 g/mol. The van der Waals surface area contributed by atoms with Gasteiger partial charge in [-0.25, -0.2) is 4.98 Å². The maximum absolute atomic E-state index is 4.54. The monoisotopic (exact) mass is 222 g/mol. The summed E-state index contributed by atoms with van der Waals surface area (Å²) in [4.78, 5) is 4.54. The predicted octanol–water partition coefficient (Wildman–Crippen LogP) is 1.45. The van der Waals surface area contributed by atoms with Gasteiger partial charge in [0.2, 0.25) is 0 Å². The molecule has 1 fully saturated rings. The van der Waals surface area contributed by atoms with Crippen LogP contribution in [0.5, 0.6) is 0 Å². The summed E-state index contributed by atoms with van der Waals surface area (Å²) in [7, 11) is 2.00. The molecule has 4 nitrogen and oxygen atoms in total. The maximum Gasteiger partial charge on any atom is 0.150 e. The first-order valence-corrected chi connectivity index (χ1v) is 6.41. The van der Waals surface area contributed by atoms with Crippen molar-refractivity contribution in [3.8, 4) is 0 Å². The number of rotatable bonds is 4. The summed E-state index contributed by atoms with van der Waals surface area (Å²) in [6.07, 6.45) is 7.18. The summed E-state index contributed by atoms with van der Waals surface area (Å²) >= 11 is 0. The minimum absolute atomic E-state index is 0.690. The van der Waals surface area contributed by atoms with Gasteiger partial charge in [0, 0.05) is 25.9 Å². The average Bonchev–Trinajstić information content (AvgIpc) is 2.69. The number of aromatic nitrogens is 3. The highest BCUT2D eigenvalue weighted by molar-refractivity contribution is 4.93. The number of piperidine rings is 1. The topological polar surface area (TPSA) is 42.7 Å². The van der Waals surface area contributed by atoms with E-state index in [1.54, 1.807) is 0 Å². The van der Waals surface area contributed by atoms with Crippen molar-refractivity contribution in [1.29, 1.82) is 0 Å². The highest BCUT2D eigenvalue weighted by Crippen LogP contribution is 2.12. The second-order valence-corrected chi connectivity index (χ2v) is 4.61. The van der Waals surface area contributed by atoms with E-state index in [9.17, 15) is 0 Å². The lowest BCUT2D eigenvalue weighted by Gasteiger charge is -2.22. The minimum Gasteiger partial charge on any atom is -0.314 e. The minimum atomic E-state index is 0.690. The van der Waals surface area contributed by atoms with Crippen LogP contribution in [0.2, 0.25) is 0 Å². The standard InChI is InChI=1S/C12H22N4/c1-3-11-14-12(16(2)15-11)8-7-10-6-4-5-9-13-10/h10,13H,3-9H2,1-2H3. The third kappa shape index (κ3) is 2.82. The molecule has 16 heavy (non-hydrogen) atoms. The van der Waals surface area contributed by atoms with Crippen LogP contribution in [0.15, 0.2) is 0 Å². The molecular formula is C12H22N4. The third-order valence-corrected chi connectivity index (χ3v) is 3.34. The zero-order valence-corrected chi connectivity index (χ0v) is 10.4. The fourth-order valence-corrected chi connectivity index (χ4v) is 2.32. The van der Waals surface area contributed by atoms with Gasteiger partial charge in [-0.2, -0.15) is 5.10 Å². The van der Waals surface area contributed by atoms with Crippen molar-refractivity contribution in [2.24, 2.45) is 7.05 Å². The Labute approximate surface area is 97.5 Å². The van der Waals surface area contributed by atoms with Gasteiger partial charge in [-0.3, -0.25) is 4.68 Å². The van der Waals surface area contributed by atoms with Crippen molar-refractivity contribution in [3.63, 3.8) is 0 Å². The Kier molecular flexibility index (Phi) is 3.93. The molecule has 1 aromatic rings. The van der Waals surface area contributed by atoms with Crippen LogP contribution in [0.3, 0.4) is 0 Å². The van der Waals surface area contributed by atoms with Crippen LogP contribution in [0.1, 0.15) is 44.3 Å². The summed E-state index contributed by atoms with van der Waals surface area (Å²) in [6, 6.07) is 0.690. The Balaban J connectivity index is 1.85. The van der Waals surface area contributed by atoms with E-state index in [1.165, 1.54) is 32.2 Å². The molecule has 1 atom stereocenters. The zero-order chi connectivity index (χ0) is 11.4. The van der Waals surface area contributed by atoms with Crippen molar-refractivity contribution >= 4 is 0 Å². The van der Waals surface area contributed by atoms with E-state index in [-0.39, 0.29) is 0 Å². The Morgan fingerprint density at radius 1 is 1.44 bits per heavy atom. The third-order valence-electron chi connectivity index (χ3n) is 3.34. The lowest BCUT2D eigenvalue weighted by molar-refractivity contribution is 0.379. The normalized spacial score (nSPS) is 21.2. The largest absolute Gasteiger partial charge is 0.314 e. The van der Waals surface area contributed by atoms with Crippen LogP contribution in [0.25, 0.3) is 0 Å². The van der Waals surface area contributed by atoms with Gasteiger partial charge in [0.25, 0.3) is 0 Å². The van der Waals surface area contributed by atoms with Crippen molar-refractivity contribution < 1.29 is 0 Å². The first-order valence-electron chi connectivity index (χ1n) is 6.41. The highest BCUT2D eigenvalue weighted by atomic mass is 15.3. The van der Waals surface area contributed by atoms with Crippen molar-refractivity contribution in [1.82, 2.24) is 20.1 Å². The predicted molar refractivity (Wildman–Crippen MR) is 64.3 cm³/mol. The van der Waals surface area contributed by atoms with Crippen LogP contribution in [-0.4, -0.2) is 27.4 Å². The van der Waals surface area contributed by atoms with Crippen LogP contribution in [-0.2, 0) is 19.9 Å². The molecule has 0 saturated carbocycles. The van der Waals surface area contributed by atoms with Gasteiger partial charge < -0.3 is 5.32 Å². The molecule has 2 heterocycles. The van der Waals surface area contributed by atoms with Gasteiger partial charge in [0.15, 0.2) is 5.82 Å². The molecule has 4 heteroatoms. The molecule has 1 aliphatic heterocycles. The molecule has 0 aliphatic carbocycles. The van der Waals surface area contributed by atoms with Crippen molar-refractivity contribution in [2.45, 2.75) is 51.5 Å².